The number of carbonyl (C=O) groups is 1. The maximum absolute atomic E-state index is 13.3. The van der Waals surface area contributed by atoms with Crippen LogP contribution in [0.4, 0.5) is 9.52 Å². The fraction of sp³-hybridized carbons (Fsp3) is 0.100. The van der Waals surface area contributed by atoms with E-state index in [-0.39, 0.29) is 10.7 Å². The van der Waals surface area contributed by atoms with Gasteiger partial charge in [0.25, 0.3) is 5.91 Å². The predicted molar refractivity (Wildman–Crippen MR) is 112 cm³/mol. The largest absolute Gasteiger partial charge is 0.393 e. The van der Waals surface area contributed by atoms with Crippen LogP contribution in [0.25, 0.3) is 21.5 Å². The highest BCUT2D eigenvalue weighted by Crippen LogP contribution is 2.29. The quantitative estimate of drug-likeness (QED) is 0.432. The van der Waals surface area contributed by atoms with Gasteiger partial charge in [-0.15, -0.1) is 0 Å². The summed E-state index contributed by atoms with van der Waals surface area (Å²) in [5, 5.41) is 22.0. The highest BCUT2D eigenvalue weighted by Gasteiger charge is 2.14. The minimum Gasteiger partial charge on any atom is -0.393 e. The molecule has 4 rings (SSSR count). The van der Waals surface area contributed by atoms with Crippen molar-refractivity contribution in [2.24, 2.45) is 0 Å². The number of hydrogen-bond acceptors (Lipinski definition) is 7. The molecule has 0 fully saturated rings. The molecule has 0 saturated heterocycles. The summed E-state index contributed by atoms with van der Waals surface area (Å²) in [6.07, 6.45) is 1.81. The highest BCUT2D eigenvalue weighted by atomic mass is 35.5. The molecule has 1 atom stereocenters. The molecule has 7 nitrogen and oxygen atoms in total. The van der Waals surface area contributed by atoms with Gasteiger partial charge in [0.05, 0.1) is 27.5 Å². The van der Waals surface area contributed by atoms with E-state index in [1.165, 1.54) is 48.0 Å². The Morgan fingerprint density at radius 2 is 2.03 bits per heavy atom. The van der Waals surface area contributed by atoms with Crippen LogP contribution in [0.1, 0.15) is 22.2 Å². The van der Waals surface area contributed by atoms with Crippen LogP contribution in [-0.2, 0) is 0 Å². The first-order chi connectivity index (χ1) is 14.4. The van der Waals surface area contributed by atoms with Gasteiger partial charge in [-0.2, -0.15) is 0 Å². The van der Waals surface area contributed by atoms with Gasteiger partial charge < -0.3 is 10.2 Å². The molecule has 0 radical (unpaired) electrons. The summed E-state index contributed by atoms with van der Waals surface area (Å²) in [5.41, 5.74) is 2.03. The molecule has 152 valence electrons. The molecule has 1 amide bonds. The fourth-order valence-corrected chi connectivity index (χ4v) is 3.86. The Hall–Kier alpha value is -2.98. The number of anilines is 1. The maximum Gasteiger partial charge on any atom is 0.276 e. The van der Waals surface area contributed by atoms with Crippen molar-refractivity contribution in [2.75, 3.05) is 11.9 Å². The zero-order valence-electron chi connectivity index (χ0n) is 15.2. The van der Waals surface area contributed by atoms with Crippen LogP contribution in [-0.4, -0.2) is 37.7 Å². The molecule has 3 heterocycles. The number of amides is 1. The number of halogens is 2. The van der Waals surface area contributed by atoms with Crippen LogP contribution in [0.2, 0.25) is 5.02 Å². The summed E-state index contributed by atoms with van der Waals surface area (Å²) >= 11 is 7.46. The maximum atomic E-state index is 13.3. The molecular formula is C20H14ClFN4O3S. The second-order valence-corrected chi connectivity index (χ2v) is 7.75. The average Bonchev–Trinajstić information content (AvgIpc) is 3.14. The van der Waals surface area contributed by atoms with Crippen molar-refractivity contribution < 1.29 is 19.4 Å². The van der Waals surface area contributed by atoms with E-state index in [0.29, 0.717) is 27.5 Å². The summed E-state index contributed by atoms with van der Waals surface area (Å²) in [6, 6.07) is 8.92. The van der Waals surface area contributed by atoms with Crippen molar-refractivity contribution in [3.8, 4) is 11.3 Å². The molecule has 1 aromatic carbocycles. The minimum atomic E-state index is -1.06. The number of fused-ring (bicyclic) bond motifs is 1. The van der Waals surface area contributed by atoms with Crippen LogP contribution in [0.3, 0.4) is 0 Å². The standard InChI is InChI=1S/C20H14ClFN4O3S/c21-13-5-11(16(28)9-27)8-24-18(13)10-1-3-14(23-7-10)19(29)26-20-25-15-6-12(22)2-4-17(15)30-20/h1-8,16,27-28H,9H2,(H,25,26,29)/t16-/m1/s1. The van der Waals surface area contributed by atoms with Gasteiger partial charge in [-0.25, -0.2) is 9.37 Å². The third-order valence-corrected chi connectivity index (χ3v) is 5.50. The normalized spacial score (nSPS) is 12.1. The lowest BCUT2D eigenvalue weighted by Crippen LogP contribution is -2.13. The van der Waals surface area contributed by atoms with Gasteiger partial charge in [0, 0.05) is 29.6 Å². The van der Waals surface area contributed by atoms with E-state index >= 15 is 0 Å². The Morgan fingerprint density at radius 3 is 2.73 bits per heavy atom. The van der Waals surface area contributed by atoms with Crippen LogP contribution < -0.4 is 5.32 Å². The molecule has 4 aromatic rings. The van der Waals surface area contributed by atoms with Gasteiger partial charge in [0.15, 0.2) is 5.13 Å². The van der Waals surface area contributed by atoms with E-state index in [1.807, 2.05) is 0 Å². The molecule has 0 unspecified atom stereocenters. The number of nitrogens with one attached hydrogen (secondary N) is 1. The Kier molecular flexibility index (Phi) is 5.69. The molecule has 3 aromatic heterocycles. The number of rotatable bonds is 5. The molecule has 0 spiro atoms. The molecule has 0 bridgehead atoms. The average molecular weight is 445 g/mol. The second kappa shape index (κ2) is 8.41. The monoisotopic (exact) mass is 444 g/mol. The van der Waals surface area contributed by atoms with E-state index < -0.39 is 24.4 Å². The zero-order chi connectivity index (χ0) is 21.3. The van der Waals surface area contributed by atoms with Crippen LogP contribution >= 0.6 is 22.9 Å². The number of aromatic nitrogens is 3. The highest BCUT2D eigenvalue weighted by molar-refractivity contribution is 7.22. The molecule has 0 aliphatic rings. The van der Waals surface area contributed by atoms with Crippen molar-refractivity contribution in [1.82, 2.24) is 15.0 Å². The van der Waals surface area contributed by atoms with E-state index in [0.717, 1.165) is 4.70 Å². The summed E-state index contributed by atoms with van der Waals surface area (Å²) < 4.78 is 14.0. The second-order valence-electron chi connectivity index (χ2n) is 6.31. The molecule has 30 heavy (non-hydrogen) atoms. The predicted octanol–water partition coefficient (Wildman–Crippen LogP) is 3.82. The van der Waals surface area contributed by atoms with Crippen molar-refractivity contribution in [1.29, 1.82) is 0 Å². The third-order valence-electron chi connectivity index (χ3n) is 4.26. The summed E-state index contributed by atoms with van der Waals surface area (Å²) in [7, 11) is 0. The number of hydrogen-bond donors (Lipinski definition) is 3. The van der Waals surface area contributed by atoms with E-state index in [9.17, 15) is 14.3 Å². The van der Waals surface area contributed by atoms with Crippen molar-refractivity contribution >= 4 is 44.2 Å². The summed E-state index contributed by atoms with van der Waals surface area (Å²) in [5.74, 6) is -0.851. The lowest BCUT2D eigenvalue weighted by Gasteiger charge is -2.10. The van der Waals surface area contributed by atoms with Crippen molar-refractivity contribution in [3.63, 3.8) is 0 Å². The van der Waals surface area contributed by atoms with Gasteiger partial charge in [0.1, 0.15) is 17.6 Å². The Balaban J connectivity index is 1.52. The van der Waals surface area contributed by atoms with E-state index in [4.69, 9.17) is 16.7 Å². The Labute approximate surface area is 178 Å². The molecule has 0 saturated carbocycles. The third kappa shape index (κ3) is 4.14. The number of benzene rings is 1. The lowest BCUT2D eigenvalue weighted by molar-refractivity contribution is 0.0953. The van der Waals surface area contributed by atoms with Gasteiger partial charge in [0.2, 0.25) is 0 Å². The summed E-state index contributed by atoms with van der Waals surface area (Å²) in [4.78, 5) is 25.0. The smallest absolute Gasteiger partial charge is 0.276 e. The molecule has 3 N–H and O–H groups in total. The first-order valence-corrected chi connectivity index (χ1v) is 9.92. The van der Waals surface area contributed by atoms with Crippen LogP contribution in [0.15, 0.2) is 48.8 Å². The topological polar surface area (TPSA) is 108 Å². The lowest BCUT2D eigenvalue weighted by atomic mass is 10.1. The number of carbonyl (C=O) groups excluding carboxylic acids is 1. The van der Waals surface area contributed by atoms with Crippen LogP contribution in [0, 0.1) is 5.82 Å². The Morgan fingerprint density at radius 1 is 1.20 bits per heavy atom. The van der Waals surface area contributed by atoms with Gasteiger partial charge >= 0.3 is 0 Å². The fourth-order valence-electron chi connectivity index (χ4n) is 2.74. The van der Waals surface area contributed by atoms with Gasteiger partial charge in [-0.3, -0.25) is 20.1 Å². The first-order valence-electron chi connectivity index (χ1n) is 8.73. The number of aliphatic hydroxyl groups is 2. The Bertz CT molecular complexity index is 1230. The van der Waals surface area contributed by atoms with Crippen LogP contribution in [0.5, 0.6) is 0 Å². The summed E-state index contributed by atoms with van der Waals surface area (Å²) in [6.45, 7) is -0.438. The van der Waals surface area contributed by atoms with E-state index in [1.54, 1.807) is 12.1 Å². The molecule has 0 aliphatic heterocycles. The minimum absolute atomic E-state index is 0.160. The SMILES string of the molecule is O=C(Nc1nc2cc(F)ccc2s1)c1ccc(-c2ncc([C@H](O)CO)cc2Cl)cn1. The first kappa shape index (κ1) is 20.3. The number of aliphatic hydroxyl groups excluding tert-OH is 2. The van der Waals surface area contributed by atoms with Gasteiger partial charge in [-0.1, -0.05) is 22.9 Å². The molecular weight excluding hydrogens is 431 g/mol. The van der Waals surface area contributed by atoms with Crippen molar-refractivity contribution in [3.05, 3.63) is 70.9 Å². The number of pyridine rings is 2. The molecule has 10 heteroatoms. The van der Waals surface area contributed by atoms with E-state index in [2.05, 4.69) is 20.3 Å². The number of thiazole rings is 1. The number of nitrogens with zero attached hydrogens (tertiary/aromatic N) is 3. The van der Waals surface area contributed by atoms with Gasteiger partial charge in [-0.05, 0) is 30.3 Å². The molecule has 0 aliphatic carbocycles. The van der Waals surface area contributed by atoms with Crippen molar-refractivity contribution in [2.45, 2.75) is 6.10 Å². The zero-order valence-corrected chi connectivity index (χ0v) is 16.8.